The first-order chi connectivity index (χ1) is 10.2. The van der Waals surface area contributed by atoms with E-state index >= 15 is 0 Å². The Balaban J connectivity index is 1.84. The zero-order valence-corrected chi connectivity index (χ0v) is 11.8. The molecule has 0 radical (unpaired) electrons. The van der Waals surface area contributed by atoms with Gasteiger partial charge in [0.05, 0.1) is 0 Å². The Kier molecular flexibility index (Phi) is 5.09. The molecule has 0 fully saturated rings. The molecule has 0 atom stereocenters. The molecule has 2 rings (SSSR count). The summed E-state index contributed by atoms with van der Waals surface area (Å²) in [5.41, 5.74) is 1.11. The van der Waals surface area contributed by atoms with Crippen LogP contribution in [0.25, 0.3) is 11.3 Å². The third-order valence-electron chi connectivity index (χ3n) is 2.81. The van der Waals surface area contributed by atoms with Gasteiger partial charge in [0, 0.05) is 31.6 Å². The Morgan fingerprint density at radius 2 is 1.86 bits per heavy atom. The maximum atomic E-state index is 11.9. The molecule has 1 aromatic heterocycles. The molecular formula is C15H17N3O3. The van der Waals surface area contributed by atoms with Gasteiger partial charge in [-0.2, -0.15) is 0 Å². The van der Waals surface area contributed by atoms with Crippen molar-refractivity contribution in [3.8, 4) is 11.3 Å². The summed E-state index contributed by atoms with van der Waals surface area (Å²) in [5.74, 6) is 0.188. The van der Waals surface area contributed by atoms with E-state index in [9.17, 15) is 9.59 Å². The highest BCUT2D eigenvalue weighted by molar-refractivity contribution is 5.93. The molecule has 0 aliphatic carbocycles. The van der Waals surface area contributed by atoms with Gasteiger partial charge in [-0.15, -0.1) is 0 Å². The second-order valence-electron chi connectivity index (χ2n) is 4.53. The summed E-state index contributed by atoms with van der Waals surface area (Å²) in [6.45, 7) is 2.45. The largest absolute Gasteiger partial charge is 0.356 e. The standard InChI is InChI=1S/C15H17N3O3/c1-11(19)16-8-5-9-17-15(20)13-10-14(21-18-13)12-6-3-2-4-7-12/h2-4,6-7,10H,5,8-9H2,1H3,(H,16,19)(H,17,20). The van der Waals surface area contributed by atoms with Crippen LogP contribution in [0.1, 0.15) is 23.8 Å². The molecular weight excluding hydrogens is 270 g/mol. The van der Waals surface area contributed by atoms with Gasteiger partial charge in [-0.05, 0) is 6.42 Å². The van der Waals surface area contributed by atoms with Gasteiger partial charge in [-0.25, -0.2) is 0 Å². The van der Waals surface area contributed by atoms with Crippen molar-refractivity contribution < 1.29 is 14.1 Å². The van der Waals surface area contributed by atoms with Crippen LogP contribution in [-0.2, 0) is 4.79 Å². The van der Waals surface area contributed by atoms with Crippen molar-refractivity contribution in [1.29, 1.82) is 0 Å². The highest BCUT2D eigenvalue weighted by atomic mass is 16.5. The van der Waals surface area contributed by atoms with Gasteiger partial charge in [0.2, 0.25) is 5.91 Å². The van der Waals surface area contributed by atoms with Crippen LogP contribution in [-0.4, -0.2) is 30.1 Å². The van der Waals surface area contributed by atoms with Crippen molar-refractivity contribution in [2.75, 3.05) is 13.1 Å². The smallest absolute Gasteiger partial charge is 0.273 e. The van der Waals surface area contributed by atoms with E-state index in [2.05, 4.69) is 15.8 Å². The van der Waals surface area contributed by atoms with Gasteiger partial charge in [0.25, 0.3) is 5.91 Å². The Bertz CT molecular complexity index is 608. The van der Waals surface area contributed by atoms with Crippen LogP contribution in [0.5, 0.6) is 0 Å². The quantitative estimate of drug-likeness (QED) is 0.790. The van der Waals surface area contributed by atoms with Crippen LogP contribution in [0.4, 0.5) is 0 Å². The summed E-state index contributed by atoms with van der Waals surface area (Å²) in [6.07, 6.45) is 0.661. The van der Waals surface area contributed by atoms with E-state index in [0.29, 0.717) is 25.3 Å². The number of hydrogen-bond acceptors (Lipinski definition) is 4. The molecule has 21 heavy (non-hydrogen) atoms. The predicted octanol–water partition coefficient (Wildman–Crippen LogP) is 1.60. The molecule has 2 N–H and O–H groups in total. The van der Waals surface area contributed by atoms with Gasteiger partial charge in [-0.3, -0.25) is 9.59 Å². The molecule has 0 spiro atoms. The van der Waals surface area contributed by atoms with Crippen LogP contribution in [0.2, 0.25) is 0 Å². The molecule has 1 heterocycles. The topological polar surface area (TPSA) is 84.2 Å². The lowest BCUT2D eigenvalue weighted by atomic mass is 10.1. The highest BCUT2D eigenvalue weighted by Gasteiger charge is 2.12. The number of hydrogen-bond donors (Lipinski definition) is 2. The fourth-order valence-corrected chi connectivity index (χ4v) is 1.77. The number of aromatic nitrogens is 1. The monoisotopic (exact) mass is 287 g/mol. The molecule has 2 aromatic rings. The van der Waals surface area contributed by atoms with Crippen LogP contribution in [0, 0.1) is 0 Å². The summed E-state index contributed by atoms with van der Waals surface area (Å²) in [5, 5.41) is 9.15. The number of amides is 2. The van der Waals surface area contributed by atoms with E-state index in [0.717, 1.165) is 5.56 Å². The summed E-state index contributed by atoms with van der Waals surface area (Å²) in [4.78, 5) is 22.5. The normalized spacial score (nSPS) is 10.1. The Hall–Kier alpha value is -2.63. The Morgan fingerprint density at radius 1 is 1.14 bits per heavy atom. The van der Waals surface area contributed by atoms with Crippen molar-refractivity contribution >= 4 is 11.8 Å². The lowest BCUT2D eigenvalue weighted by Crippen LogP contribution is -2.28. The summed E-state index contributed by atoms with van der Waals surface area (Å²) < 4.78 is 5.16. The Morgan fingerprint density at radius 3 is 2.57 bits per heavy atom. The van der Waals surface area contributed by atoms with Crippen LogP contribution < -0.4 is 10.6 Å². The molecule has 0 aliphatic rings. The third kappa shape index (κ3) is 4.45. The summed E-state index contributed by atoms with van der Waals surface area (Å²) >= 11 is 0. The van der Waals surface area contributed by atoms with Crippen molar-refractivity contribution in [2.24, 2.45) is 0 Å². The van der Waals surface area contributed by atoms with E-state index in [4.69, 9.17) is 4.52 Å². The second-order valence-corrected chi connectivity index (χ2v) is 4.53. The van der Waals surface area contributed by atoms with Gasteiger partial charge in [0.1, 0.15) is 0 Å². The van der Waals surface area contributed by atoms with Gasteiger partial charge >= 0.3 is 0 Å². The maximum Gasteiger partial charge on any atom is 0.273 e. The zero-order chi connectivity index (χ0) is 15.1. The summed E-state index contributed by atoms with van der Waals surface area (Å²) in [7, 11) is 0. The first kappa shape index (κ1) is 14.8. The molecule has 6 heteroatoms. The molecule has 0 aliphatic heterocycles. The number of carbonyl (C=O) groups excluding carboxylic acids is 2. The molecule has 0 bridgehead atoms. The number of nitrogens with zero attached hydrogens (tertiary/aromatic N) is 1. The molecule has 2 amide bonds. The lowest BCUT2D eigenvalue weighted by molar-refractivity contribution is -0.118. The van der Waals surface area contributed by atoms with Crippen molar-refractivity contribution in [3.63, 3.8) is 0 Å². The molecule has 0 unspecified atom stereocenters. The first-order valence-electron chi connectivity index (χ1n) is 6.71. The minimum Gasteiger partial charge on any atom is -0.356 e. The van der Waals surface area contributed by atoms with E-state index < -0.39 is 0 Å². The van der Waals surface area contributed by atoms with Crippen molar-refractivity contribution in [2.45, 2.75) is 13.3 Å². The van der Waals surface area contributed by atoms with Gasteiger partial charge in [-0.1, -0.05) is 35.5 Å². The van der Waals surface area contributed by atoms with Crippen LogP contribution in [0.15, 0.2) is 40.9 Å². The van der Waals surface area contributed by atoms with Gasteiger partial charge < -0.3 is 15.2 Å². The summed E-state index contributed by atoms with van der Waals surface area (Å²) in [6, 6.07) is 11.1. The number of benzene rings is 1. The van der Waals surface area contributed by atoms with E-state index in [1.54, 1.807) is 6.07 Å². The van der Waals surface area contributed by atoms with E-state index in [1.165, 1.54) is 6.92 Å². The van der Waals surface area contributed by atoms with Crippen molar-refractivity contribution in [1.82, 2.24) is 15.8 Å². The zero-order valence-electron chi connectivity index (χ0n) is 11.8. The minimum absolute atomic E-state index is 0.0784. The average molecular weight is 287 g/mol. The first-order valence-corrected chi connectivity index (χ1v) is 6.71. The minimum atomic E-state index is -0.288. The third-order valence-corrected chi connectivity index (χ3v) is 2.81. The highest BCUT2D eigenvalue weighted by Crippen LogP contribution is 2.19. The van der Waals surface area contributed by atoms with Crippen LogP contribution >= 0.6 is 0 Å². The molecule has 0 saturated carbocycles. The number of rotatable bonds is 6. The molecule has 110 valence electrons. The number of carbonyl (C=O) groups is 2. The van der Waals surface area contributed by atoms with Crippen LogP contribution in [0.3, 0.4) is 0 Å². The molecule has 0 saturated heterocycles. The lowest BCUT2D eigenvalue weighted by Gasteiger charge is -2.03. The van der Waals surface area contributed by atoms with E-state index in [-0.39, 0.29) is 17.5 Å². The maximum absolute atomic E-state index is 11.9. The Labute approximate surface area is 122 Å². The second kappa shape index (κ2) is 7.23. The van der Waals surface area contributed by atoms with E-state index in [1.807, 2.05) is 30.3 Å². The van der Waals surface area contributed by atoms with Crippen molar-refractivity contribution in [3.05, 3.63) is 42.1 Å². The molecule has 6 nitrogen and oxygen atoms in total. The average Bonchev–Trinajstić information content (AvgIpc) is 2.97. The predicted molar refractivity (Wildman–Crippen MR) is 77.6 cm³/mol. The fraction of sp³-hybridized carbons (Fsp3) is 0.267. The number of nitrogens with one attached hydrogen (secondary N) is 2. The fourth-order valence-electron chi connectivity index (χ4n) is 1.77. The van der Waals surface area contributed by atoms with Gasteiger partial charge in [0.15, 0.2) is 11.5 Å². The SMILES string of the molecule is CC(=O)NCCCNC(=O)c1cc(-c2ccccc2)on1. The molecule has 1 aromatic carbocycles.